The molecule has 1 rings (SSSR count). The maximum atomic E-state index is 11.2. The molecule has 0 N–H and O–H groups in total. The van der Waals surface area contributed by atoms with E-state index in [0.29, 0.717) is 6.54 Å². The highest BCUT2D eigenvalue weighted by Crippen LogP contribution is 2.08. The third kappa shape index (κ3) is 4.64. The SMILES string of the molecule is C/C=C/C=N/N(C)Cc1cccc(C(C)=O)c1. The third-order valence-electron chi connectivity index (χ3n) is 2.29. The zero-order valence-electron chi connectivity index (χ0n) is 10.6. The molecule has 0 aliphatic carbocycles. The number of rotatable bonds is 5. The molecule has 3 nitrogen and oxygen atoms in total. The van der Waals surface area contributed by atoms with Crippen LogP contribution in [0.4, 0.5) is 0 Å². The summed E-state index contributed by atoms with van der Waals surface area (Å²) >= 11 is 0. The molecule has 0 saturated carbocycles. The smallest absolute Gasteiger partial charge is 0.159 e. The Balaban J connectivity index is 2.68. The second kappa shape index (κ2) is 6.63. The first-order chi connectivity index (χ1) is 8.13. The Morgan fingerprint density at radius 1 is 1.47 bits per heavy atom. The lowest BCUT2D eigenvalue weighted by atomic mass is 10.1. The van der Waals surface area contributed by atoms with Crippen molar-refractivity contribution in [1.29, 1.82) is 0 Å². The highest BCUT2D eigenvalue weighted by atomic mass is 16.1. The van der Waals surface area contributed by atoms with Crippen LogP contribution < -0.4 is 0 Å². The van der Waals surface area contributed by atoms with Crippen LogP contribution in [0.1, 0.15) is 29.8 Å². The summed E-state index contributed by atoms with van der Waals surface area (Å²) in [4.78, 5) is 11.2. The van der Waals surface area contributed by atoms with Crippen LogP contribution in [0, 0.1) is 0 Å². The molecule has 0 atom stereocenters. The number of carbonyl (C=O) groups is 1. The van der Waals surface area contributed by atoms with Gasteiger partial charge in [0.15, 0.2) is 5.78 Å². The van der Waals surface area contributed by atoms with Crippen LogP contribution in [0.15, 0.2) is 41.5 Å². The summed E-state index contributed by atoms with van der Waals surface area (Å²) in [5.74, 6) is 0.0897. The summed E-state index contributed by atoms with van der Waals surface area (Å²) in [5, 5.41) is 6.05. The number of benzene rings is 1. The van der Waals surface area contributed by atoms with E-state index in [0.717, 1.165) is 11.1 Å². The summed E-state index contributed by atoms with van der Waals surface area (Å²) in [6.45, 7) is 4.21. The van der Waals surface area contributed by atoms with Crippen molar-refractivity contribution >= 4 is 12.0 Å². The largest absolute Gasteiger partial charge is 0.296 e. The first kappa shape index (κ1) is 13.2. The molecular formula is C14H18N2O. The first-order valence-electron chi connectivity index (χ1n) is 5.59. The summed E-state index contributed by atoms with van der Waals surface area (Å²) in [6.07, 6.45) is 5.55. The molecule has 0 saturated heterocycles. The summed E-state index contributed by atoms with van der Waals surface area (Å²) in [5.41, 5.74) is 1.83. The van der Waals surface area contributed by atoms with Gasteiger partial charge in [0.2, 0.25) is 0 Å². The Kier molecular flexibility index (Phi) is 5.14. The zero-order chi connectivity index (χ0) is 12.7. The average Bonchev–Trinajstić information content (AvgIpc) is 2.29. The van der Waals surface area contributed by atoms with E-state index in [2.05, 4.69) is 5.10 Å². The minimum absolute atomic E-state index is 0.0897. The van der Waals surface area contributed by atoms with Gasteiger partial charge in [-0.25, -0.2) is 0 Å². The molecule has 0 fully saturated rings. The number of hydrogen-bond acceptors (Lipinski definition) is 3. The number of hydrazone groups is 1. The number of allylic oxidation sites excluding steroid dienone is 2. The predicted octanol–water partition coefficient (Wildman–Crippen LogP) is 2.88. The molecule has 0 spiro atoms. The fourth-order valence-corrected chi connectivity index (χ4v) is 1.43. The molecule has 1 aromatic rings. The molecule has 0 aliphatic rings. The van der Waals surface area contributed by atoms with Gasteiger partial charge in [-0.05, 0) is 31.6 Å². The van der Waals surface area contributed by atoms with Crippen LogP contribution in [0.3, 0.4) is 0 Å². The number of Topliss-reactive ketones (excluding diaryl/α,β-unsaturated/α-hetero) is 1. The number of hydrogen-bond donors (Lipinski definition) is 0. The van der Waals surface area contributed by atoms with Gasteiger partial charge in [0, 0.05) is 18.8 Å². The molecule has 0 amide bonds. The van der Waals surface area contributed by atoms with Crippen molar-refractivity contribution in [1.82, 2.24) is 5.01 Å². The Morgan fingerprint density at radius 2 is 2.24 bits per heavy atom. The van der Waals surface area contributed by atoms with Crippen molar-refractivity contribution in [2.75, 3.05) is 7.05 Å². The lowest BCUT2D eigenvalue weighted by Crippen LogP contribution is -2.10. The predicted molar refractivity (Wildman–Crippen MR) is 71.2 cm³/mol. The fraction of sp³-hybridized carbons (Fsp3) is 0.286. The van der Waals surface area contributed by atoms with Crippen molar-refractivity contribution in [3.05, 3.63) is 47.5 Å². The quantitative estimate of drug-likeness (QED) is 0.442. The lowest BCUT2D eigenvalue weighted by molar-refractivity contribution is 0.101. The molecule has 0 aromatic heterocycles. The number of nitrogens with zero attached hydrogens (tertiary/aromatic N) is 2. The lowest BCUT2D eigenvalue weighted by Gasteiger charge is -2.12. The standard InChI is InChI=1S/C14H18N2O/c1-4-5-9-15-16(3)11-13-7-6-8-14(10-13)12(2)17/h4-10H,11H2,1-3H3/b5-4+,15-9+. The molecule has 1 aromatic carbocycles. The van der Waals surface area contributed by atoms with E-state index >= 15 is 0 Å². The van der Waals surface area contributed by atoms with Gasteiger partial charge >= 0.3 is 0 Å². The van der Waals surface area contributed by atoms with Gasteiger partial charge in [-0.3, -0.25) is 9.80 Å². The van der Waals surface area contributed by atoms with Crippen molar-refractivity contribution in [2.45, 2.75) is 20.4 Å². The fourth-order valence-electron chi connectivity index (χ4n) is 1.43. The van der Waals surface area contributed by atoms with Crippen LogP contribution in [0.25, 0.3) is 0 Å². The topological polar surface area (TPSA) is 32.7 Å². The Morgan fingerprint density at radius 3 is 2.88 bits per heavy atom. The highest BCUT2D eigenvalue weighted by molar-refractivity contribution is 5.94. The average molecular weight is 230 g/mol. The number of ketones is 1. The second-order valence-electron chi connectivity index (χ2n) is 3.86. The summed E-state index contributed by atoms with van der Waals surface area (Å²) in [7, 11) is 1.90. The second-order valence-corrected chi connectivity index (χ2v) is 3.86. The van der Waals surface area contributed by atoms with Crippen LogP contribution in [0.5, 0.6) is 0 Å². The molecule has 0 unspecified atom stereocenters. The maximum Gasteiger partial charge on any atom is 0.159 e. The van der Waals surface area contributed by atoms with Gasteiger partial charge in [-0.1, -0.05) is 24.3 Å². The van der Waals surface area contributed by atoms with E-state index in [4.69, 9.17) is 0 Å². The third-order valence-corrected chi connectivity index (χ3v) is 2.29. The van der Waals surface area contributed by atoms with Crippen molar-refractivity contribution < 1.29 is 4.79 Å². The minimum atomic E-state index is 0.0897. The molecule has 0 radical (unpaired) electrons. The molecular weight excluding hydrogens is 212 g/mol. The molecule has 0 aliphatic heterocycles. The van der Waals surface area contributed by atoms with Crippen LogP contribution in [-0.2, 0) is 6.54 Å². The van der Waals surface area contributed by atoms with Crippen LogP contribution in [0.2, 0.25) is 0 Å². The van der Waals surface area contributed by atoms with Crippen molar-refractivity contribution in [2.24, 2.45) is 5.10 Å². The number of carbonyl (C=O) groups excluding carboxylic acids is 1. The van der Waals surface area contributed by atoms with E-state index in [1.165, 1.54) is 0 Å². The minimum Gasteiger partial charge on any atom is -0.296 e. The zero-order valence-corrected chi connectivity index (χ0v) is 10.6. The normalized spacial score (nSPS) is 11.2. The van der Waals surface area contributed by atoms with E-state index in [-0.39, 0.29) is 5.78 Å². The van der Waals surface area contributed by atoms with Gasteiger partial charge in [-0.2, -0.15) is 5.10 Å². The highest BCUT2D eigenvalue weighted by Gasteiger charge is 2.01. The van der Waals surface area contributed by atoms with E-state index < -0.39 is 0 Å². The van der Waals surface area contributed by atoms with Crippen molar-refractivity contribution in [3.63, 3.8) is 0 Å². The monoisotopic (exact) mass is 230 g/mol. The summed E-state index contributed by atoms with van der Waals surface area (Å²) in [6, 6.07) is 7.63. The van der Waals surface area contributed by atoms with Crippen LogP contribution >= 0.6 is 0 Å². The first-order valence-corrected chi connectivity index (χ1v) is 5.59. The Bertz CT molecular complexity index is 436. The van der Waals surface area contributed by atoms with Gasteiger partial charge < -0.3 is 0 Å². The van der Waals surface area contributed by atoms with Crippen molar-refractivity contribution in [3.8, 4) is 0 Å². The maximum absolute atomic E-state index is 11.2. The van der Waals surface area contributed by atoms with Gasteiger partial charge in [-0.15, -0.1) is 0 Å². The molecule has 17 heavy (non-hydrogen) atoms. The Labute approximate surface area is 102 Å². The molecule has 0 bridgehead atoms. The van der Waals surface area contributed by atoms with E-state index in [1.807, 2.05) is 55.4 Å². The van der Waals surface area contributed by atoms with E-state index in [1.54, 1.807) is 13.1 Å². The van der Waals surface area contributed by atoms with Gasteiger partial charge in [0.25, 0.3) is 0 Å². The Hall–Kier alpha value is -1.90. The van der Waals surface area contributed by atoms with E-state index in [9.17, 15) is 4.79 Å². The summed E-state index contributed by atoms with van der Waals surface area (Å²) < 4.78 is 0. The van der Waals surface area contributed by atoms with Gasteiger partial charge in [0.05, 0.1) is 6.54 Å². The van der Waals surface area contributed by atoms with Crippen LogP contribution in [-0.4, -0.2) is 24.1 Å². The molecule has 0 heterocycles. The molecule has 3 heteroatoms. The van der Waals surface area contributed by atoms with Gasteiger partial charge in [0.1, 0.15) is 0 Å². The molecule has 90 valence electrons.